The van der Waals surface area contributed by atoms with E-state index in [1.54, 1.807) is 29.2 Å². The van der Waals surface area contributed by atoms with Gasteiger partial charge in [-0.25, -0.2) is 0 Å². The number of cyclic esters (lactones) is 1. The number of halogens is 1. The van der Waals surface area contributed by atoms with Gasteiger partial charge in [-0.3, -0.25) is 19.2 Å². The molecule has 4 aliphatic heterocycles. The van der Waals surface area contributed by atoms with Gasteiger partial charge in [0.2, 0.25) is 11.8 Å². The van der Waals surface area contributed by atoms with Crippen LogP contribution in [-0.2, 0) is 28.7 Å². The van der Waals surface area contributed by atoms with Crippen LogP contribution in [0.4, 0.5) is 5.69 Å². The van der Waals surface area contributed by atoms with E-state index >= 15 is 4.79 Å². The number of carbonyl (C=O) groups is 4. The summed E-state index contributed by atoms with van der Waals surface area (Å²) in [6.07, 6.45) is 6.52. The van der Waals surface area contributed by atoms with Gasteiger partial charge in [-0.2, -0.15) is 0 Å². The fourth-order valence-corrected chi connectivity index (χ4v) is 8.02. The lowest BCUT2D eigenvalue weighted by Crippen LogP contribution is -2.59. The molecule has 6 rings (SSSR count). The first-order valence-corrected chi connectivity index (χ1v) is 17.0. The molecular formula is C37H42ClN3O7. The van der Waals surface area contributed by atoms with Crippen LogP contribution in [0.15, 0.2) is 72.8 Å². The van der Waals surface area contributed by atoms with E-state index < -0.39 is 59.5 Å². The molecule has 254 valence electrons. The molecular weight excluding hydrogens is 634 g/mol. The third-order valence-corrected chi connectivity index (χ3v) is 10.1. The summed E-state index contributed by atoms with van der Waals surface area (Å²) in [7, 11) is 0. The van der Waals surface area contributed by atoms with Crippen molar-refractivity contribution < 1.29 is 33.8 Å². The minimum Gasteiger partial charge on any atom is -0.455 e. The van der Waals surface area contributed by atoms with Crippen LogP contribution in [0.1, 0.15) is 50.3 Å². The first kappa shape index (κ1) is 33.9. The maximum absolute atomic E-state index is 15.1. The molecule has 2 aromatic carbocycles. The number of anilines is 1. The zero-order chi connectivity index (χ0) is 34.2. The molecule has 48 heavy (non-hydrogen) atoms. The molecule has 0 unspecified atom stereocenters. The largest absolute Gasteiger partial charge is 0.455 e. The Hall–Kier alpha value is -3.99. The third kappa shape index (κ3) is 6.06. The van der Waals surface area contributed by atoms with E-state index in [4.69, 9.17) is 21.1 Å². The average molecular weight is 676 g/mol. The van der Waals surface area contributed by atoms with Gasteiger partial charge in [0.25, 0.3) is 5.91 Å². The highest BCUT2D eigenvalue weighted by Gasteiger charge is 2.74. The maximum atomic E-state index is 15.1. The number of ether oxygens (including phenoxy) is 2. The molecule has 10 nitrogen and oxygen atoms in total. The van der Waals surface area contributed by atoms with Crippen molar-refractivity contribution in [3.63, 3.8) is 0 Å². The van der Waals surface area contributed by atoms with Crippen LogP contribution >= 0.6 is 11.6 Å². The number of hydrogen-bond acceptors (Lipinski definition) is 7. The van der Waals surface area contributed by atoms with Gasteiger partial charge in [0.05, 0.1) is 41.9 Å². The van der Waals surface area contributed by atoms with Gasteiger partial charge >= 0.3 is 5.97 Å². The van der Waals surface area contributed by atoms with Crippen molar-refractivity contribution in [1.29, 1.82) is 0 Å². The smallest absolute Gasteiger partial charge is 0.313 e. The number of amides is 3. The number of likely N-dealkylation sites (tertiary alicyclic amines) is 1. The van der Waals surface area contributed by atoms with Crippen LogP contribution in [0, 0.1) is 24.7 Å². The van der Waals surface area contributed by atoms with Crippen molar-refractivity contribution in [2.45, 2.75) is 69.9 Å². The van der Waals surface area contributed by atoms with E-state index in [9.17, 15) is 19.5 Å². The maximum Gasteiger partial charge on any atom is 0.313 e. The topological polar surface area (TPSA) is 125 Å². The first-order valence-electron chi connectivity index (χ1n) is 16.6. The van der Waals surface area contributed by atoms with Crippen LogP contribution in [0.25, 0.3) is 0 Å². The summed E-state index contributed by atoms with van der Waals surface area (Å²) in [5.41, 5.74) is 0.447. The molecule has 11 heteroatoms. The Balaban J connectivity index is 1.48. The Labute approximate surface area is 285 Å². The molecule has 1 spiro atoms. The van der Waals surface area contributed by atoms with E-state index in [-0.39, 0.29) is 37.9 Å². The van der Waals surface area contributed by atoms with Crippen molar-refractivity contribution in [1.82, 2.24) is 10.2 Å². The molecule has 0 aliphatic carbocycles. The molecule has 2 saturated heterocycles. The number of nitrogens with zero attached hydrogens (tertiary/aromatic N) is 2. The Bertz CT molecular complexity index is 1610. The molecule has 0 radical (unpaired) electrons. The number of aliphatic hydroxyl groups excluding tert-OH is 1. The molecule has 3 amide bonds. The van der Waals surface area contributed by atoms with E-state index in [2.05, 4.69) is 5.32 Å². The SMILES string of the molecule is Cc1cccc(Cl)c1N1C/C=C\CCC(=O)NC[C@H](c2ccccc2)OC(=O)[C@@H]2[C@H]3C(=O)N([C@@H](CO)CC(C)C)[C@H](C1=O)[C@]31C=C[C@H]2O1. The number of nitrogens with one attached hydrogen (secondary N) is 1. The van der Waals surface area contributed by atoms with Crippen molar-refractivity contribution in [2.24, 2.45) is 17.8 Å². The second-order valence-electron chi connectivity index (χ2n) is 13.4. The molecule has 2 fully saturated rings. The number of aryl methyl sites for hydroxylation is 1. The molecule has 5 bridgehead atoms. The molecule has 2 N–H and O–H groups in total. The fraction of sp³-hybridized carbons (Fsp3) is 0.459. The number of hydrogen-bond donors (Lipinski definition) is 2. The number of carbonyl (C=O) groups excluding carboxylic acids is 4. The Morgan fingerprint density at radius 1 is 1.04 bits per heavy atom. The predicted molar refractivity (Wildman–Crippen MR) is 180 cm³/mol. The van der Waals surface area contributed by atoms with Gasteiger partial charge in [-0.15, -0.1) is 0 Å². The fourth-order valence-electron chi connectivity index (χ4n) is 7.70. The number of benzene rings is 2. The molecule has 7 atom stereocenters. The lowest BCUT2D eigenvalue weighted by molar-refractivity contribution is -0.160. The number of esters is 1. The van der Waals surface area contributed by atoms with Crippen LogP contribution in [0.3, 0.4) is 0 Å². The number of aliphatic hydroxyl groups is 1. The van der Waals surface area contributed by atoms with Gasteiger partial charge in [0.15, 0.2) is 0 Å². The zero-order valence-corrected chi connectivity index (χ0v) is 28.1. The van der Waals surface area contributed by atoms with Crippen molar-refractivity contribution >= 4 is 41.0 Å². The number of fused-ring (bicyclic) bond motifs is 2. The second-order valence-corrected chi connectivity index (χ2v) is 13.8. The third-order valence-electron chi connectivity index (χ3n) is 9.80. The summed E-state index contributed by atoms with van der Waals surface area (Å²) in [5, 5.41) is 13.9. The molecule has 4 aliphatic rings. The number of para-hydroxylation sites is 1. The van der Waals surface area contributed by atoms with E-state index in [1.165, 1.54) is 4.90 Å². The minimum absolute atomic E-state index is 0.0455. The quantitative estimate of drug-likeness (QED) is 0.346. The normalized spacial score (nSPS) is 30.4. The Morgan fingerprint density at radius 2 is 1.81 bits per heavy atom. The van der Waals surface area contributed by atoms with Gasteiger partial charge in [-0.1, -0.05) is 92.2 Å². The van der Waals surface area contributed by atoms with E-state index in [0.29, 0.717) is 29.1 Å². The number of rotatable bonds is 6. The van der Waals surface area contributed by atoms with E-state index in [1.807, 2.05) is 69.3 Å². The Morgan fingerprint density at radius 3 is 2.52 bits per heavy atom. The lowest BCUT2D eigenvalue weighted by Gasteiger charge is -2.39. The standard InChI is InChI=1S/C37H42ClN3O7/c1-22(2)19-25(21-42)41-33-35(45)40(32-23(3)11-10-14-26(32)38)18-9-5-8-15-29(43)39-20-28(24-12-6-4-7-13-24)47-36(46)30-27-16-17-37(33,48-27)31(30)34(41)44/h4-7,9-14,16-17,22,25,27-28,30-31,33,42H,8,15,18-21H2,1-3H3,(H,39,43)/b9-5-/t25-,27-,28-,30+,31+,33-,37+/m1/s1. The highest BCUT2D eigenvalue weighted by Crippen LogP contribution is 2.56. The molecule has 0 aromatic heterocycles. The first-order chi connectivity index (χ1) is 23.1. The van der Waals surface area contributed by atoms with Crippen LogP contribution in [0.5, 0.6) is 0 Å². The minimum atomic E-state index is -1.48. The molecule has 2 aromatic rings. The predicted octanol–water partition coefficient (Wildman–Crippen LogP) is 4.29. The summed E-state index contributed by atoms with van der Waals surface area (Å²) >= 11 is 6.74. The molecule has 0 saturated carbocycles. The monoisotopic (exact) mass is 675 g/mol. The lowest BCUT2D eigenvalue weighted by atomic mass is 9.74. The Kier molecular flexibility index (Phi) is 9.79. The van der Waals surface area contributed by atoms with Gasteiger partial charge in [0.1, 0.15) is 23.7 Å². The van der Waals surface area contributed by atoms with Gasteiger partial charge in [-0.05, 0) is 42.9 Å². The second kappa shape index (κ2) is 13.9. The summed E-state index contributed by atoms with van der Waals surface area (Å²) in [6.45, 7) is 5.60. The highest BCUT2D eigenvalue weighted by atomic mass is 35.5. The summed E-state index contributed by atoms with van der Waals surface area (Å²) in [4.78, 5) is 59.8. The highest BCUT2D eigenvalue weighted by molar-refractivity contribution is 6.34. The van der Waals surface area contributed by atoms with Crippen molar-refractivity contribution in [3.05, 3.63) is 89.0 Å². The summed E-state index contributed by atoms with van der Waals surface area (Å²) in [5.74, 6) is -3.79. The van der Waals surface area contributed by atoms with E-state index in [0.717, 1.165) is 5.56 Å². The van der Waals surface area contributed by atoms with Crippen molar-refractivity contribution in [2.75, 3.05) is 24.6 Å². The summed E-state index contributed by atoms with van der Waals surface area (Å²) < 4.78 is 12.7. The van der Waals surface area contributed by atoms with Crippen LogP contribution in [-0.4, -0.2) is 77.2 Å². The number of allylic oxidation sites excluding steroid dienone is 1. The molecule has 4 heterocycles. The van der Waals surface area contributed by atoms with Crippen LogP contribution < -0.4 is 10.2 Å². The van der Waals surface area contributed by atoms with Crippen molar-refractivity contribution in [3.8, 4) is 0 Å². The average Bonchev–Trinajstić information content (AvgIpc) is 3.71. The van der Waals surface area contributed by atoms with Gasteiger partial charge < -0.3 is 29.7 Å². The summed E-state index contributed by atoms with van der Waals surface area (Å²) in [6, 6.07) is 12.6. The van der Waals surface area contributed by atoms with Gasteiger partial charge in [0, 0.05) is 13.0 Å². The zero-order valence-electron chi connectivity index (χ0n) is 27.4. The van der Waals surface area contributed by atoms with Crippen LogP contribution in [0.2, 0.25) is 5.02 Å².